The van der Waals surface area contributed by atoms with Crippen LogP contribution >= 0.6 is 0 Å². The molecular weight excluding hydrogens is 348 g/mol. The number of aromatic amines is 1. The van der Waals surface area contributed by atoms with Gasteiger partial charge in [0.05, 0.1) is 16.4 Å². The van der Waals surface area contributed by atoms with Gasteiger partial charge in [-0.15, -0.1) is 0 Å². The van der Waals surface area contributed by atoms with Gasteiger partial charge in [-0.05, 0) is 48.5 Å². The molecule has 2 heterocycles. The Bertz CT molecular complexity index is 1350. The third-order valence-corrected chi connectivity index (χ3v) is 5.07. The van der Waals surface area contributed by atoms with Crippen LogP contribution in [0.25, 0.3) is 33.1 Å². The van der Waals surface area contributed by atoms with Gasteiger partial charge in [-0.3, -0.25) is 4.79 Å². The van der Waals surface area contributed by atoms with Gasteiger partial charge in [0, 0.05) is 29.9 Å². The van der Waals surface area contributed by atoms with Crippen LogP contribution in [0.5, 0.6) is 11.5 Å². The average molecular weight is 366 g/mol. The van der Waals surface area contributed by atoms with E-state index in [0.717, 1.165) is 22.3 Å². The van der Waals surface area contributed by atoms with Gasteiger partial charge >= 0.3 is 0 Å². The summed E-state index contributed by atoms with van der Waals surface area (Å²) in [7, 11) is 1.99. The zero-order valence-corrected chi connectivity index (χ0v) is 15.3. The molecule has 0 saturated heterocycles. The first-order valence-corrected chi connectivity index (χ1v) is 9.15. The summed E-state index contributed by atoms with van der Waals surface area (Å²) < 4.78 is 8.19. The molecule has 0 aliphatic heterocycles. The summed E-state index contributed by atoms with van der Waals surface area (Å²) in [5.41, 5.74) is 3.64. The highest BCUT2D eigenvalue weighted by Crippen LogP contribution is 2.35. The molecule has 0 spiro atoms. The molecule has 4 heteroatoms. The van der Waals surface area contributed by atoms with Gasteiger partial charge in [-0.1, -0.05) is 30.3 Å². The lowest BCUT2D eigenvalue weighted by Gasteiger charge is -2.17. The monoisotopic (exact) mass is 366 g/mol. The molecule has 0 atom stereocenters. The summed E-state index contributed by atoms with van der Waals surface area (Å²) in [6, 6.07) is 25.1. The number of ether oxygens (including phenoxy) is 1. The first-order valence-electron chi connectivity index (χ1n) is 9.15. The fourth-order valence-electron chi connectivity index (χ4n) is 3.77. The minimum atomic E-state index is -0.0250. The number of fused-ring (bicyclic) bond motifs is 2. The number of nitrogens with zero attached hydrogens (tertiary/aromatic N) is 1. The van der Waals surface area contributed by atoms with Crippen molar-refractivity contribution in [3.8, 4) is 22.8 Å². The molecular formula is C24H18N2O2. The van der Waals surface area contributed by atoms with Crippen LogP contribution in [0.15, 0.2) is 89.9 Å². The van der Waals surface area contributed by atoms with E-state index in [2.05, 4.69) is 9.55 Å². The fourth-order valence-corrected chi connectivity index (χ4v) is 3.77. The summed E-state index contributed by atoms with van der Waals surface area (Å²) in [6.07, 6.45) is 1.88. The van der Waals surface area contributed by atoms with Crippen LogP contribution in [-0.4, -0.2) is 9.55 Å². The maximum Gasteiger partial charge on any atom is 0.201 e. The smallest absolute Gasteiger partial charge is 0.201 e. The molecule has 5 aromatic rings. The number of aryl methyl sites for hydroxylation is 1. The number of benzene rings is 3. The van der Waals surface area contributed by atoms with Crippen LogP contribution in [0.2, 0.25) is 0 Å². The number of hydrogen-bond donors (Lipinski definition) is 1. The second kappa shape index (κ2) is 6.43. The molecule has 4 nitrogen and oxygen atoms in total. The minimum absolute atomic E-state index is 0.0250. The van der Waals surface area contributed by atoms with Crippen LogP contribution < -0.4 is 10.2 Å². The SMILES string of the molecule is Cn1c2ccccc2c(=O)c2c(Oc3ccccc3)ccc(-c3ccc[nH]3)c21. The second-order valence-corrected chi connectivity index (χ2v) is 6.74. The standard InChI is InChI=1S/C24H18N2O2/c1-26-20-12-6-5-10-18(20)24(27)22-21(28-16-8-3-2-4-9-16)14-13-17(23(22)26)19-11-7-15-25-19/h2-15,25H,1H3. The topological polar surface area (TPSA) is 47.0 Å². The normalized spacial score (nSPS) is 11.2. The maximum absolute atomic E-state index is 13.5. The van der Waals surface area contributed by atoms with Gasteiger partial charge in [0.2, 0.25) is 5.43 Å². The Balaban J connectivity index is 1.90. The highest BCUT2D eigenvalue weighted by Gasteiger charge is 2.18. The Labute approximate surface area is 161 Å². The summed E-state index contributed by atoms with van der Waals surface area (Å²) in [5.74, 6) is 1.26. The zero-order valence-electron chi connectivity index (χ0n) is 15.3. The van der Waals surface area contributed by atoms with Crippen molar-refractivity contribution < 1.29 is 4.74 Å². The second-order valence-electron chi connectivity index (χ2n) is 6.74. The Kier molecular flexibility index (Phi) is 3.76. The lowest BCUT2D eigenvalue weighted by atomic mass is 10.0. The molecule has 28 heavy (non-hydrogen) atoms. The molecule has 5 rings (SSSR count). The third kappa shape index (κ3) is 2.50. The van der Waals surface area contributed by atoms with Crippen molar-refractivity contribution in [2.45, 2.75) is 0 Å². The van der Waals surface area contributed by atoms with E-state index in [1.807, 2.05) is 92.1 Å². The number of nitrogens with one attached hydrogen (secondary N) is 1. The van der Waals surface area contributed by atoms with E-state index >= 15 is 0 Å². The lowest BCUT2D eigenvalue weighted by molar-refractivity contribution is 0.488. The fraction of sp³-hybridized carbons (Fsp3) is 0.0417. The number of H-pyrrole nitrogens is 1. The minimum Gasteiger partial charge on any atom is -0.457 e. The van der Waals surface area contributed by atoms with Crippen molar-refractivity contribution in [3.05, 3.63) is 95.3 Å². The van der Waals surface area contributed by atoms with E-state index in [1.165, 1.54) is 0 Å². The van der Waals surface area contributed by atoms with Gasteiger partial charge in [-0.25, -0.2) is 0 Å². The molecule has 2 aromatic heterocycles. The average Bonchev–Trinajstić information content (AvgIpc) is 3.27. The summed E-state index contributed by atoms with van der Waals surface area (Å²) in [4.78, 5) is 16.7. The third-order valence-electron chi connectivity index (χ3n) is 5.07. The molecule has 1 N–H and O–H groups in total. The van der Waals surface area contributed by atoms with Crippen LogP contribution in [0.4, 0.5) is 0 Å². The predicted molar refractivity (Wildman–Crippen MR) is 113 cm³/mol. The van der Waals surface area contributed by atoms with Crippen LogP contribution in [-0.2, 0) is 7.05 Å². The van der Waals surface area contributed by atoms with Crippen molar-refractivity contribution in [2.24, 2.45) is 7.05 Å². The van der Waals surface area contributed by atoms with Gasteiger partial charge in [0.1, 0.15) is 11.5 Å². The zero-order chi connectivity index (χ0) is 19.1. The number of hydrogen-bond acceptors (Lipinski definition) is 2. The number of aromatic nitrogens is 2. The van der Waals surface area contributed by atoms with Crippen molar-refractivity contribution in [1.82, 2.24) is 9.55 Å². The largest absolute Gasteiger partial charge is 0.457 e. The highest BCUT2D eigenvalue weighted by molar-refractivity contribution is 6.03. The van der Waals surface area contributed by atoms with Gasteiger partial charge in [0.15, 0.2) is 0 Å². The van der Waals surface area contributed by atoms with E-state index in [1.54, 1.807) is 0 Å². The molecule has 0 aliphatic carbocycles. The molecule has 0 amide bonds. The first-order chi connectivity index (χ1) is 13.7. The Morgan fingerprint density at radius 3 is 2.43 bits per heavy atom. The quantitative estimate of drug-likeness (QED) is 0.430. The number of rotatable bonds is 3. The summed E-state index contributed by atoms with van der Waals surface area (Å²) in [6.45, 7) is 0. The lowest BCUT2D eigenvalue weighted by Crippen LogP contribution is -2.11. The van der Waals surface area contributed by atoms with Gasteiger partial charge in [0.25, 0.3) is 0 Å². The number of para-hydroxylation sites is 2. The van der Waals surface area contributed by atoms with E-state index in [0.29, 0.717) is 22.3 Å². The Hall–Kier alpha value is -3.79. The molecule has 136 valence electrons. The van der Waals surface area contributed by atoms with Crippen LogP contribution in [0.1, 0.15) is 0 Å². The van der Waals surface area contributed by atoms with E-state index in [-0.39, 0.29) is 5.43 Å². The van der Waals surface area contributed by atoms with Crippen molar-refractivity contribution in [3.63, 3.8) is 0 Å². The predicted octanol–water partition coefficient (Wildman–Crippen LogP) is 5.48. The molecule has 0 unspecified atom stereocenters. The van der Waals surface area contributed by atoms with Crippen LogP contribution in [0, 0.1) is 0 Å². The molecule has 3 aromatic carbocycles. The summed E-state index contributed by atoms with van der Waals surface area (Å²) in [5, 5.41) is 1.26. The van der Waals surface area contributed by atoms with E-state index in [4.69, 9.17) is 4.74 Å². The Morgan fingerprint density at radius 2 is 1.64 bits per heavy atom. The van der Waals surface area contributed by atoms with Crippen molar-refractivity contribution in [2.75, 3.05) is 0 Å². The molecule has 0 aliphatic rings. The summed E-state index contributed by atoms with van der Waals surface area (Å²) >= 11 is 0. The number of pyridine rings is 1. The molecule has 0 saturated carbocycles. The van der Waals surface area contributed by atoms with E-state index in [9.17, 15) is 4.79 Å². The Morgan fingerprint density at radius 1 is 0.857 bits per heavy atom. The van der Waals surface area contributed by atoms with Crippen LogP contribution in [0.3, 0.4) is 0 Å². The molecule has 0 radical (unpaired) electrons. The maximum atomic E-state index is 13.5. The first kappa shape index (κ1) is 16.4. The van der Waals surface area contributed by atoms with Gasteiger partial charge < -0.3 is 14.3 Å². The highest BCUT2D eigenvalue weighted by atomic mass is 16.5. The molecule has 0 fully saturated rings. The van der Waals surface area contributed by atoms with Crippen molar-refractivity contribution >= 4 is 21.8 Å². The van der Waals surface area contributed by atoms with Crippen molar-refractivity contribution in [1.29, 1.82) is 0 Å². The van der Waals surface area contributed by atoms with E-state index < -0.39 is 0 Å². The van der Waals surface area contributed by atoms with Gasteiger partial charge in [-0.2, -0.15) is 0 Å². The molecule has 0 bridgehead atoms.